The van der Waals surface area contributed by atoms with Gasteiger partial charge in [-0.1, -0.05) is 6.92 Å². The maximum absolute atomic E-state index is 12.0. The van der Waals surface area contributed by atoms with Crippen LogP contribution < -0.4 is 16.0 Å². The molecule has 0 aromatic carbocycles. The summed E-state index contributed by atoms with van der Waals surface area (Å²) in [5.74, 6) is 1.40. The van der Waals surface area contributed by atoms with Crippen LogP contribution in [0.4, 0.5) is 4.79 Å². The SMILES string of the molecule is CCNC(=NCC(C)CN1CCOCC1)NC1CCC(NC(=O)OC(C)(C)C)CC1.I. The first-order valence-electron chi connectivity index (χ1n) is 11.6. The molecule has 1 heterocycles. The number of morpholine rings is 1. The zero-order valence-electron chi connectivity index (χ0n) is 20.0. The van der Waals surface area contributed by atoms with Gasteiger partial charge >= 0.3 is 6.09 Å². The molecule has 1 saturated carbocycles. The number of hydrogen-bond acceptors (Lipinski definition) is 5. The van der Waals surface area contributed by atoms with Crippen molar-refractivity contribution in [2.45, 2.75) is 78.0 Å². The summed E-state index contributed by atoms with van der Waals surface area (Å²) < 4.78 is 10.8. The standard InChI is InChI=1S/C22H43N5O3.HI/c1-6-23-20(24-15-17(2)16-27-11-13-29-14-12-27)25-18-7-9-19(10-8-18)26-21(28)30-22(3,4)5;/h17-19H,6-16H2,1-5H3,(H,26,28)(H2,23,24,25);1H. The Kier molecular flexibility index (Phi) is 13.1. The largest absolute Gasteiger partial charge is 0.444 e. The van der Waals surface area contributed by atoms with Crippen molar-refractivity contribution in [3.05, 3.63) is 0 Å². The Morgan fingerprint density at radius 3 is 2.26 bits per heavy atom. The molecule has 0 spiro atoms. The van der Waals surface area contributed by atoms with Gasteiger partial charge in [0.05, 0.1) is 13.2 Å². The lowest BCUT2D eigenvalue weighted by atomic mass is 9.91. The molecule has 2 rings (SSSR count). The van der Waals surface area contributed by atoms with E-state index in [-0.39, 0.29) is 36.1 Å². The molecule has 0 radical (unpaired) electrons. The van der Waals surface area contributed by atoms with Crippen LogP contribution in [0.5, 0.6) is 0 Å². The first-order chi connectivity index (χ1) is 14.2. The second-order valence-corrected chi connectivity index (χ2v) is 9.58. The van der Waals surface area contributed by atoms with Gasteiger partial charge in [0.2, 0.25) is 0 Å². The maximum atomic E-state index is 12.0. The molecule has 2 fully saturated rings. The summed E-state index contributed by atoms with van der Waals surface area (Å²) in [4.78, 5) is 19.3. The van der Waals surface area contributed by atoms with Crippen LogP contribution >= 0.6 is 24.0 Å². The fourth-order valence-electron chi connectivity index (χ4n) is 3.90. The molecular formula is C22H44IN5O3. The van der Waals surface area contributed by atoms with Gasteiger partial charge in [0, 0.05) is 44.8 Å². The monoisotopic (exact) mass is 553 g/mol. The lowest BCUT2D eigenvalue weighted by Crippen LogP contribution is -2.48. The Balaban J connectivity index is 0.00000480. The Bertz CT molecular complexity index is 542. The Labute approximate surface area is 205 Å². The summed E-state index contributed by atoms with van der Waals surface area (Å²) >= 11 is 0. The summed E-state index contributed by atoms with van der Waals surface area (Å²) in [7, 11) is 0. The van der Waals surface area contributed by atoms with Gasteiger partial charge in [-0.05, 0) is 59.3 Å². The highest BCUT2D eigenvalue weighted by Gasteiger charge is 2.25. The second kappa shape index (κ2) is 14.4. The highest BCUT2D eigenvalue weighted by atomic mass is 127. The van der Waals surface area contributed by atoms with Crippen molar-refractivity contribution in [2.24, 2.45) is 10.9 Å². The van der Waals surface area contributed by atoms with Crippen LogP contribution in [0.15, 0.2) is 4.99 Å². The van der Waals surface area contributed by atoms with Crippen LogP contribution in [0.3, 0.4) is 0 Å². The van der Waals surface area contributed by atoms with Crippen molar-refractivity contribution in [2.75, 3.05) is 45.9 Å². The van der Waals surface area contributed by atoms with Crippen molar-refractivity contribution < 1.29 is 14.3 Å². The van der Waals surface area contributed by atoms with Crippen molar-refractivity contribution in [3.8, 4) is 0 Å². The van der Waals surface area contributed by atoms with Gasteiger partial charge in [-0.3, -0.25) is 9.89 Å². The van der Waals surface area contributed by atoms with Crippen LogP contribution in [0, 0.1) is 5.92 Å². The Morgan fingerprint density at radius 1 is 1.13 bits per heavy atom. The Hall–Kier alpha value is -0.810. The average Bonchev–Trinajstić information content (AvgIpc) is 2.67. The van der Waals surface area contributed by atoms with E-state index >= 15 is 0 Å². The molecule has 1 saturated heterocycles. The molecule has 1 atom stereocenters. The normalized spacial score (nSPS) is 24.0. The molecule has 1 amide bonds. The molecule has 2 aliphatic rings. The van der Waals surface area contributed by atoms with Crippen molar-refractivity contribution in [1.29, 1.82) is 0 Å². The van der Waals surface area contributed by atoms with Crippen molar-refractivity contribution >= 4 is 36.0 Å². The molecule has 182 valence electrons. The van der Waals surface area contributed by atoms with Crippen molar-refractivity contribution in [1.82, 2.24) is 20.9 Å². The fraction of sp³-hybridized carbons (Fsp3) is 0.909. The van der Waals surface area contributed by atoms with Crippen LogP contribution in [0.1, 0.15) is 60.3 Å². The fourth-order valence-corrected chi connectivity index (χ4v) is 3.90. The number of carbonyl (C=O) groups excluding carboxylic acids is 1. The summed E-state index contributed by atoms with van der Waals surface area (Å²) in [5, 5.41) is 9.97. The molecule has 3 N–H and O–H groups in total. The zero-order chi connectivity index (χ0) is 22.0. The third kappa shape index (κ3) is 12.1. The number of halogens is 1. The number of guanidine groups is 1. The molecule has 0 aromatic heterocycles. The number of aliphatic imine (C=N–C) groups is 1. The Morgan fingerprint density at radius 2 is 1.71 bits per heavy atom. The molecule has 1 aliphatic carbocycles. The molecule has 1 unspecified atom stereocenters. The number of amides is 1. The summed E-state index contributed by atoms with van der Waals surface area (Å²) in [6, 6.07) is 0.569. The van der Waals surface area contributed by atoms with E-state index in [4.69, 9.17) is 14.5 Å². The van der Waals surface area contributed by atoms with Gasteiger partial charge in [0.1, 0.15) is 5.60 Å². The summed E-state index contributed by atoms with van der Waals surface area (Å²) in [5.41, 5.74) is -0.459. The predicted octanol–water partition coefficient (Wildman–Crippen LogP) is 2.96. The van der Waals surface area contributed by atoms with E-state index in [1.54, 1.807) is 0 Å². The lowest BCUT2D eigenvalue weighted by Gasteiger charge is -2.31. The highest BCUT2D eigenvalue weighted by molar-refractivity contribution is 14.0. The first kappa shape index (κ1) is 28.2. The van der Waals surface area contributed by atoms with E-state index < -0.39 is 5.60 Å². The smallest absolute Gasteiger partial charge is 0.407 e. The van der Waals surface area contributed by atoms with Crippen LogP contribution in [0.25, 0.3) is 0 Å². The van der Waals surface area contributed by atoms with Gasteiger partial charge in [-0.2, -0.15) is 0 Å². The maximum Gasteiger partial charge on any atom is 0.407 e. The minimum Gasteiger partial charge on any atom is -0.444 e. The topological polar surface area (TPSA) is 87.2 Å². The molecule has 31 heavy (non-hydrogen) atoms. The number of hydrogen-bond donors (Lipinski definition) is 3. The minimum atomic E-state index is -0.459. The number of nitrogens with zero attached hydrogens (tertiary/aromatic N) is 2. The predicted molar refractivity (Wildman–Crippen MR) is 136 cm³/mol. The number of alkyl carbamates (subject to hydrolysis) is 1. The third-order valence-corrected chi connectivity index (χ3v) is 5.37. The lowest BCUT2D eigenvalue weighted by molar-refractivity contribution is 0.0323. The van der Waals surface area contributed by atoms with E-state index in [2.05, 4.69) is 34.7 Å². The third-order valence-electron chi connectivity index (χ3n) is 5.37. The van der Waals surface area contributed by atoms with Gasteiger partial charge < -0.3 is 25.4 Å². The van der Waals surface area contributed by atoms with Gasteiger partial charge in [0.15, 0.2) is 5.96 Å². The quantitative estimate of drug-likeness (QED) is 0.256. The highest BCUT2D eigenvalue weighted by Crippen LogP contribution is 2.19. The number of nitrogens with one attached hydrogen (secondary N) is 3. The molecular weight excluding hydrogens is 509 g/mol. The zero-order valence-corrected chi connectivity index (χ0v) is 22.4. The average molecular weight is 554 g/mol. The van der Waals surface area contributed by atoms with E-state index in [1.165, 1.54) is 0 Å². The van der Waals surface area contributed by atoms with Gasteiger partial charge in [-0.25, -0.2) is 4.79 Å². The molecule has 8 nitrogen and oxygen atoms in total. The molecule has 0 bridgehead atoms. The van der Waals surface area contributed by atoms with E-state index in [0.717, 1.165) is 77.6 Å². The number of ether oxygens (including phenoxy) is 2. The van der Waals surface area contributed by atoms with E-state index in [0.29, 0.717) is 12.0 Å². The molecule has 0 aromatic rings. The van der Waals surface area contributed by atoms with E-state index in [1.807, 2.05) is 20.8 Å². The number of carbonyl (C=O) groups is 1. The molecule has 1 aliphatic heterocycles. The second-order valence-electron chi connectivity index (χ2n) is 9.58. The number of rotatable bonds is 7. The van der Waals surface area contributed by atoms with Crippen LogP contribution in [-0.4, -0.2) is 80.6 Å². The van der Waals surface area contributed by atoms with Crippen LogP contribution in [-0.2, 0) is 9.47 Å². The van der Waals surface area contributed by atoms with Gasteiger partial charge in [0.25, 0.3) is 0 Å². The first-order valence-corrected chi connectivity index (χ1v) is 11.6. The minimum absolute atomic E-state index is 0. The van der Waals surface area contributed by atoms with Crippen LogP contribution in [0.2, 0.25) is 0 Å². The van der Waals surface area contributed by atoms with Crippen molar-refractivity contribution in [3.63, 3.8) is 0 Å². The molecule has 9 heteroatoms. The summed E-state index contributed by atoms with van der Waals surface area (Å²) in [6.45, 7) is 16.4. The van der Waals surface area contributed by atoms with Gasteiger partial charge in [-0.15, -0.1) is 24.0 Å². The van der Waals surface area contributed by atoms with E-state index in [9.17, 15) is 4.79 Å². The summed E-state index contributed by atoms with van der Waals surface area (Å²) in [6.07, 6.45) is 3.60.